The first-order valence-electron chi connectivity index (χ1n) is 9.82. The van der Waals surface area contributed by atoms with Gasteiger partial charge in [-0.05, 0) is 32.6 Å². The van der Waals surface area contributed by atoms with Crippen LogP contribution < -0.4 is 5.56 Å². The molecule has 0 aromatic carbocycles. The second-order valence-electron chi connectivity index (χ2n) is 7.80. The molecule has 5 heterocycles. The number of fused-ring (bicyclic) bond motifs is 3. The number of aryl methyl sites for hydroxylation is 1. The maximum atomic E-state index is 13.2. The Balaban J connectivity index is 1.48. The lowest BCUT2D eigenvalue weighted by Crippen LogP contribution is -2.39. The highest BCUT2D eigenvalue weighted by molar-refractivity contribution is 5.81. The summed E-state index contributed by atoms with van der Waals surface area (Å²) in [6.07, 6.45) is 7.37. The third kappa shape index (κ3) is 2.48. The zero-order valence-electron chi connectivity index (χ0n) is 15.6. The number of hydrogen-bond donors (Lipinski definition) is 1. The van der Waals surface area contributed by atoms with Gasteiger partial charge in [0.2, 0.25) is 5.91 Å². The largest absolute Gasteiger partial charge is 0.366 e. The van der Waals surface area contributed by atoms with Crippen LogP contribution in [0.5, 0.6) is 0 Å². The van der Waals surface area contributed by atoms with Crippen LogP contribution in [0.3, 0.4) is 0 Å². The van der Waals surface area contributed by atoms with Crippen LogP contribution in [-0.2, 0) is 16.0 Å². The van der Waals surface area contributed by atoms with Crippen molar-refractivity contribution in [1.82, 2.24) is 19.5 Å². The predicted molar refractivity (Wildman–Crippen MR) is 99.5 cm³/mol. The molecule has 7 heteroatoms. The van der Waals surface area contributed by atoms with Crippen molar-refractivity contribution in [1.29, 1.82) is 0 Å². The van der Waals surface area contributed by atoms with Crippen molar-refractivity contribution >= 4 is 11.6 Å². The molecule has 142 valence electrons. The molecule has 5 rings (SSSR count). The van der Waals surface area contributed by atoms with Crippen LogP contribution in [0.1, 0.15) is 49.2 Å². The van der Waals surface area contributed by atoms with Crippen molar-refractivity contribution in [2.75, 3.05) is 6.54 Å². The minimum absolute atomic E-state index is 0.0351. The highest BCUT2D eigenvalue weighted by Gasteiger charge is 2.45. The minimum Gasteiger partial charge on any atom is -0.366 e. The van der Waals surface area contributed by atoms with E-state index in [1.807, 2.05) is 30.9 Å². The molecule has 2 aromatic heterocycles. The lowest BCUT2D eigenvalue weighted by molar-refractivity contribution is -0.137. The fourth-order valence-electron chi connectivity index (χ4n) is 4.85. The Labute approximate surface area is 157 Å². The number of nitrogens with zero attached hydrogens (tertiary/aromatic N) is 3. The van der Waals surface area contributed by atoms with E-state index in [-0.39, 0.29) is 35.6 Å². The summed E-state index contributed by atoms with van der Waals surface area (Å²) in [5, 5.41) is 3.22. The minimum atomic E-state index is -0.0836. The molecule has 3 aliphatic heterocycles. The van der Waals surface area contributed by atoms with Crippen molar-refractivity contribution in [3.05, 3.63) is 45.5 Å². The lowest BCUT2D eigenvalue weighted by Gasteiger charge is -2.28. The molecule has 0 unspecified atom stereocenters. The Kier molecular flexibility index (Phi) is 3.75. The molecule has 7 nitrogen and oxygen atoms in total. The van der Waals surface area contributed by atoms with Crippen molar-refractivity contribution in [3.8, 4) is 0 Å². The summed E-state index contributed by atoms with van der Waals surface area (Å²) in [4.78, 5) is 32.4. The van der Waals surface area contributed by atoms with Crippen LogP contribution in [0.4, 0.5) is 0 Å². The van der Waals surface area contributed by atoms with Crippen molar-refractivity contribution < 1.29 is 9.53 Å². The average Bonchev–Trinajstić information content (AvgIpc) is 3.42. The van der Waals surface area contributed by atoms with Gasteiger partial charge in [0.05, 0.1) is 29.9 Å². The molecule has 1 amide bonds. The van der Waals surface area contributed by atoms with E-state index in [4.69, 9.17) is 4.74 Å². The number of likely N-dealkylation sites (tertiary alicyclic amines) is 1. The lowest BCUT2D eigenvalue weighted by atomic mass is 9.92. The van der Waals surface area contributed by atoms with Gasteiger partial charge in [-0.1, -0.05) is 19.1 Å². The van der Waals surface area contributed by atoms with Gasteiger partial charge in [0, 0.05) is 23.9 Å². The number of nitrogens with one attached hydrogen (secondary N) is 1. The van der Waals surface area contributed by atoms with Gasteiger partial charge in [-0.2, -0.15) is 0 Å². The molecular formula is C20H24N4O3. The van der Waals surface area contributed by atoms with Crippen LogP contribution in [0.2, 0.25) is 0 Å². The van der Waals surface area contributed by atoms with Crippen molar-refractivity contribution in [2.24, 2.45) is 5.92 Å². The first kappa shape index (κ1) is 16.7. The van der Waals surface area contributed by atoms with Crippen LogP contribution in [0, 0.1) is 12.8 Å². The van der Waals surface area contributed by atoms with Crippen molar-refractivity contribution in [2.45, 2.75) is 57.8 Å². The van der Waals surface area contributed by atoms with E-state index in [1.165, 1.54) is 4.52 Å². The zero-order valence-corrected chi connectivity index (χ0v) is 15.6. The van der Waals surface area contributed by atoms with Crippen LogP contribution in [-0.4, -0.2) is 44.2 Å². The number of amides is 1. The summed E-state index contributed by atoms with van der Waals surface area (Å²) in [6.45, 7) is 4.59. The Bertz CT molecular complexity index is 1000. The van der Waals surface area contributed by atoms with Gasteiger partial charge in [0.25, 0.3) is 5.56 Å². The Hall–Kier alpha value is -2.41. The first-order chi connectivity index (χ1) is 13.1. The summed E-state index contributed by atoms with van der Waals surface area (Å²) >= 11 is 0. The molecule has 3 aliphatic rings. The first-order valence-corrected chi connectivity index (χ1v) is 9.82. The van der Waals surface area contributed by atoms with Gasteiger partial charge in [0.15, 0.2) is 5.65 Å². The number of aromatic amines is 1. The molecule has 1 N–H and O–H groups in total. The maximum Gasteiger partial charge on any atom is 0.276 e. The summed E-state index contributed by atoms with van der Waals surface area (Å²) in [5.41, 5.74) is 2.96. The summed E-state index contributed by atoms with van der Waals surface area (Å²) in [6, 6.07) is 1.88. The predicted octanol–water partition coefficient (Wildman–Crippen LogP) is 1.90. The smallest absolute Gasteiger partial charge is 0.276 e. The van der Waals surface area contributed by atoms with E-state index < -0.39 is 0 Å². The number of carbonyl (C=O) groups excluding carboxylic acids is 1. The summed E-state index contributed by atoms with van der Waals surface area (Å²) in [5.74, 6) is 0.0819. The SMILES string of the molecule is CCc1c(C)nc2cc([C@@H]3CCCN3C(=O)[C@H]3C[C@H]4C=C[C@H]3O4)[nH]n2c1=O. The molecule has 27 heavy (non-hydrogen) atoms. The fourth-order valence-corrected chi connectivity index (χ4v) is 4.85. The van der Waals surface area contributed by atoms with Crippen molar-refractivity contribution in [3.63, 3.8) is 0 Å². The third-order valence-corrected chi connectivity index (χ3v) is 6.23. The number of ether oxygens (including phenoxy) is 1. The molecule has 2 saturated heterocycles. The maximum absolute atomic E-state index is 13.2. The monoisotopic (exact) mass is 368 g/mol. The van der Waals surface area contributed by atoms with E-state index >= 15 is 0 Å². The van der Waals surface area contributed by atoms with E-state index in [2.05, 4.69) is 16.2 Å². The van der Waals surface area contributed by atoms with Gasteiger partial charge < -0.3 is 9.64 Å². The topological polar surface area (TPSA) is 79.7 Å². The van der Waals surface area contributed by atoms with E-state index in [1.54, 1.807) is 0 Å². The number of H-pyrrole nitrogens is 1. The Morgan fingerprint density at radius 2 is 2.26 bits per heavy atom. The molecule has 0 spiro atoms. The second kappa shape index (κ2) is 6.05. The van der Waals surface area contributed by atoms with Crippen LogP contribution in [0.15, 0.2) is 23.0 Å². The zero-order chi connectivity index (χ0) is 18.7. The number of hydrogen-bond acceptors (Lipinski definition) is 4. The van der Waals surface area contributed by atoms with Gasteiger partial charge in [0.1, 0.15) is 0 Å². The third-order valence-electron chi connectivity index (χ3n) is 6.23. The molecule has 4 atom stereocenters. The normalized spacial score (nSPS) is 29.3. The standard InChI is InChI=1S/C20H24N4O3/c1-3-13-11(2)21-18-10-15(22-24(18)20(13)26)16-5-4-8-23(16)19(25)14-9-12-6-7-17(14)27-12/h6-7,10,12,14,16-17,22H,3-5,8-9H2,1-2H3/t12-,14+,16+,17-/m1/s1. The molecule has 2 aromatic rings. The van der Waals surface area contributed by atoms with E-state index in [0.29, 0.717) is 12.1 Å². The Morgan fingerprint density at radius 1 is 1.41 bits per heavy atom. The molecule has 2 fully saturated rings. The van der Waals surface area contributed by atoms with Gasteiger partial charge in [-0.15, -0.1) is 0 Å². The van der Waals surface area contributed by atoms with Gasteiger partial charge >= 0.3 is 0 Å². The molecular weight excluding hydrogens is 344 g/mol. The summed E-state index contributed by atoms with van der Waals surface area (Å²) < 4.78 is 7.31. The number of rotatable bonds is 3. The second-order valence-corrected chi connectivity index (χ2v) is 7.80. The van der Waals surface area contributed by atoms with Crippen LogP contribution >= 0.6 is 0 Å². The molecule has 0 aliphatic carbocycles. The molecule has 2 bridgehead atoms. The summed E-state index contributed by atoms with van der Waals surface area (Å²) in [7, 11) is 0. The quantitative estimate of drug-likeness (QED) is 0.839. The molecule has 0 radical (unpaired) electrons. The van der Waals surface area contributed by atoms with E-state index in [0.717, 1.165) is 42.8 Å². The van der Waals surface area contributed by atoms with Gasteiger partial charge in [-0.3, -0.25) is 14.7 Å². The highest BCUT2D eigenvalue weighted by Crippen LogP contribution is 2.39. The van der Waals surface area contributed by atoms with Gasteiger partial charge in [-0.25, -0.2) is 9.50 Å². The highest BCUT2D eigenvalue weighted by atomic mass is 16.5. The fraction of sp³-hybridized carbons (Fsp3) is 0.550. The number of aromatic nitrogens is 3. The molecule has 0 saturated carbocycles. The van der Waals surface area contributed by atoms with E-state index in [9.17, 15) is 9.59 Å². The number of carbonyl (C=O) groups is 1. The van der Waals surface area contributed by atoms with Crippen LogP contribution in [0.25, 0.3) is 5.65 Å². The average molecular weight is 368 g/mol. The Morgan fingerprint density at radius 3 is 2.96 bits per heavy atom.